The molecular formula is C12H11N2O3S-. The zero-order valence-corrected chi connectivity index (χ0v) is 10.8. The molecule has 0 atom stereocenters. The summed E-state index contributed by atoms with van der Waals surface area (Å²) in [7, 11) is 0. The molecule has 0 aliphatic carbocycles. The van der Waals surface area contributed by atoms with Gasteiger partial charge in [0.25, 0.3) is 0 Å². The summed E-state index contributed by atoms with van der Waals surface area (Å²) in [4.78, 5) is 15.0. The van der Waals surface area contributed by atoms with Gasteiger partial charge in [-0.25, -0.2) is 4.98 Å². The molecular weight excluding hydrogens is 252 g/mol. The summed E-state index contributed by atoms with van der Waals surface area (Å²) in [6.07, 6.45) is 1.56. The van der Waals surface area contributed by atoms with Gasteiger partial charge in [0.2, 0.25) is 0 Å². The van der Waals surface area contributed by atoms with Gasteiger partial charge in [-0.05, 0) is 26.0 Å². The van der Waals surface area contributed by atoms with Gasteiger partial charge in [-0.2, -0.15) is 0 Å². The van der Waals surface area contributed by atoms with E-state index in [2.05, 4.69) is 10.1 Å². The van der Waals surface area contributed by atoms with Crippen LogP contribution >= 0.6 is 11.8 Å². The lowest BCUT2D eigenvalue weighted by molar-refractivity contribution is -0.255. The molecule has 2 aromatic rings. The van der Waals surface area contributed by atoms with Crippen molar-refractivity contribution in [1.29, 1.82) is 0 Å². The Kier molecular flexibility index (Phi) is 3.66. The molecule has 0 fully saturated rings. The van der Waals surface area contributed by atoms with Crippen molar-refractivity contribution < 1.29 is 14.4 Å². The van der Waals surface area contributed by atoms with Crippen LogP contribution in [0, 0.1) is 13.8 Å². The summed E-state index contributed by atoms with van der Waals surface area (Å²) < 4.78 is 5.05. The molecule has 0 amide bonds. The first-order chi connectivity index (χ1) is 8.59. The van der Waals surface area contributed by atoms with Crippen molar-refractivity contribution in [2.75, 3.05) is 0 Å². The van der Waals surface area contributed by atoms with Crippen LogP contribution in [0.3, 0.4) is 0 Å². The van der Waals surface area contributed by atoms with Gasteiger partial charge in [0.1, 0.15) is 10.8 Å². The summed E-state index contributed by atoms with van der Waals surface area (Å²) in [5.74, 6) is 0.0913. The lowest BCUT2D eigenvalue weighted by atomic mass is 10.2. The molecule has 0 radical (unpaired) electrons. The predicted octanol–water partition coefficient (Wildman–Crippen LogP) is 1.34. The first-order valence-corrected chi connectivity index (χ1v) is 6.29. The molecule has 18 heavy (non-hydrogen) atoms. The molecule has 2 aromatic heterocycles. The topological polar surface area (TPSA) is 79.0 Å². The van der Waals surface area contributed by atoms with Crippen LogP contribution in [-0.2, 0) is 5.75 Å². The van der Waals surface area contributed by atoms with Crippen molar-refractivity contribution in [3.8, 4) is 0 Å². The zero-order chi connectivity index (χ0) is 13.1. The summed E-state index contributed by atoms with van der Waals surface area (Å²) >= 11 is 1.33. The van der Waals surface area contributed by atoms with E-state index in [1.54, 1.807) is 12.3 Å². The van der Waals surface area contributed by atoms with Crippen LogP contribution in [0.5, 0.6) is 0 Å². The summed E-state index contributed by atoms with van der Waals surface area (Å²) in [5, 5.41) is 15.2. The highest BCUT2D eigenvalue weighted by Crippen LogP contribution is 2.26. The van der Waals surface area contributed by atoms with Gasteiger partial charge in [-0.1, -0.05) is 5.16 Å². The predicted molar refractivity (Wildman–Crippen MR) is 64.1 cm³/mol. The standard InChI is InChI=1S/C12H12N2O3S/c1-7-10(8(2)17-14-7)6-18-11-9(12(15)16)4-3-5-13-11/h3-5H,6H2,1-2H3,(H,15,16)/p-1. The Hall–Kier alpha value is -1.82. The Bertz CT molecular complexity index is 561. The zero-order valence-electron chi connectivity index (χ0n) is 9.97. The van der Waals surface area contributed by atoms with E-state index in [1.807, 2.05) is 13.8 Å². The van der Waals surface area contributed by atoms with Crippen molar-refractivity contribution in [2.45, 2.75) is 24.6 Å². The third-order valence-electron chi connectivity index (χ3n) is 2.53. The average molecular weight is 263 g/mol. The van der Waals surface area contributed by atoms with Crippen molar-refractivity contribution in [1.82, 2.24) is 10.1 Å². The number of carbonyl (C=O) groups is 1. The molecule has 0 saturated carbocycles. The number of aryl methyl sites for hydroxylation is 2. The normalized spacial score (nSPS) is 10.6. The fourth-order valence-electron chi connectivity index (χ4n) is 1.51. The molecule has 0 N–H and O–H groups in total. The largest absolute Gasteiger partial charge is 0.545 e. The van der Waals surface area contributed by atoms with E-state index in [9.17, 15) is 9.90 Å². The fourth-order valence-corrected chi connectivity index (χ4v) is 2.65. The number of thioether (sulfide) groups is 1. The van der Waals surface area contributed by atoms with E-state index < -0.39 is 5.97 Å². The molecule has 0 bridgehead atoms. The monoisotopic (exact) mass is 263 g/mol. The van der Waals surface area contributed by atoms with Crippen LogP contribution in [0.15, 0.2) is 27.9 Å². The third kappa shape index (κ3) is 2.53. The molecule has 0 saturated heterocycles. The molecule has 94 valence electrons. The molecule has 0 aliphatic heterocycles. The van der Waals surface area contributed by atoms with Gasteiger partial charge in [0.15, 0.2) is 0 Å². The smallest absolute Gasteiger partial charge is 0.137 e. The summed E-state index contributed by atoms with van der Waals surface area (Å²) in [5.41, 5.74) is 1.88. The van der Waals surface area contributed by atoms with Crippen molar-refractivity contribution in [2.24, 2.45) is 0 Å². The number of hydrogen-bond acceptors (Lipinski definition) is 6. The van der Waals surface area contributed by atoms with Gasteiger partial charge in [0.05, 0.1) is 11.7 Å². The number of carbonyl (C=O) groups excluding carboxylic acids is 1. The van der Waals surface area contributed by atoms with Gasteiger partial charge >= 0.3 is 0 Å². The molecule has 5 nitrogen and oxygen atoms in total. The Morgan fingerprint density at radius 1 is 1.50 bits per heavy atom. The fraction of sp³-hybridized carbons (Fsp3) is 0.250. The molecule has 0 unspecified atom stereocenters. The maximum atomic E-state index is 10.9. The number of pyridine rings is 1. The van der Waals surface area contributed by atoms with Crippen LogP contribution in [-0.4, -0.2) is 16.1 Å². The number of nitrogens with zero attached hydrogens (tertiary/aromatic N) is 2. The Balaban J connectivity index is 2.18. The first-order valence-electron chi connectivity index (χ1n) is 5.30. The second-order valence-electron chi connectivity index (χ2n) is 3.73. The molecule has 0 spiro atoms. The van der Waals surface area contributed by atoms with Gasteiger partial charge in [-0.15, -0.1) is 11.8 Å². The summed E-state index contributed by atoms with van der Waals surface area (Å²) in [6, 6.07) is 3.06. The number of carboxylic acid groups (broad SMARTS) is 1. The Labute approximate surface area is 108 Å². The van der Waals surface area contributed by atoms with Crippen LogP contribution in [0.4, 0.5) is 0 Å². The molecule has 0 aromatic carbocycles. The number of aromatic nitrogens is 2. The maximum absolute atomic E-state index is 10.9. The highest BCUT2D eigenvalue weighted by atomic mass is 32.2. The van der Waals surface area contributed by atoms with Crippen LogP contribution in [0.25, 0.3) is 0 Å². The number of aromatic carboxylic acids is 1. The number of carboxylic acids is 1. The number of hydrogen-bond donors (Lipinski definition) is 0. The SMILES string of the molecule is Cc1noc(C)c1CSc1ncccc1C(=O)[O-]. The Morgan fingerprint density at radius 2 is 2.28 bits per heavy atom. The summed E-state index contributed by atoms with van der Waals surface area (Å²) in [6.45, 7) is 3.68. The highest BCUT2D eigenvalue weighted by Gasteiger charge is 2.11. The first kappa shape index (κ1) is 12.6. The van der Waals surface area contributed by atoms with Gasteiger partial charge in [-0.3, -0.25) is 0 Å². The van der Waals surface area contributed by atoms with E-state index in [4.69, 9.17) is 4.52 Å². The second kappa shape index (κ2) is 5.22. The molecule has 6 heteroatoms. The average Bonchev–Trinajstić information content (AvgIpc) is 2.67. The molecule has 2 heterocycles. The Morgan fingerprint density at radius 3 is 2.89 bits per heavy atom. The molecule has 0 aliphatic rings. The van der Waals surface area contributed by atoms with Crippen LogP contribution in [0.1, 0.15) is 27.4 Å². The lowest BCUT2D eigenvalue weighted by Crippen LogP contribution is -2.23. The lowest BCUT2D eigenvalue weighted by Gasteiger charge is -2.08. The van der Waals surface area contributed by atoms with Gasteiger partial charge in [0, 0.05) is 23.1 Å². The van der Waals surface area contributed by atoms with Gasteiger partial charge < -0.3 is 14.4 Å². The minimum absolute atomic E-state index is 0.106. The van der Waals surface area contributed by atoms with E-state index in [0.29, 0.717) is 10.8 Å². The van der Waals surface area contributed by atoms with E-state index >= 15 is 0 Å². The quantitative estimate of drug-likeness (QED) is 0.774. The van der Waals surface area contributed by atoms with Crippen molar-refractivity contribution in [3.63, 3.8) is 0 Å². The third-order valence-corrected chi connectivity index (χ3v) is 3.56. The second-order valence-corrected chi connectivity index (χ2v) is 4.70. The van der Waals surface area contributed by atoms with E-state index in [1.165, 1.54) is 17.8 Å². The highest BCUT2D eigenvalue weighted by molar-refractivity contribution is 7.98. The van der Waals surface area contributed by atoms with E-state index in [-0.39, 0.29) is 5.56 Å². The minimum atomic E-state index is -1.22. The van der Waals surface area contributed by atoms with Crippen LogP contribution < -0.4 is 5.11 Å². The number of rotatable bonds is 4. The van der Waals surface area contributed by atoms with Crippen molar-refractivity contribution in [3.05, 3.63) is 40.9 Å². The van der Waals surface area contributed by atoms with Crippen molar-refractivity contribution >= 4 is 17.7 Å². The van der Waals surface area contributed by atoms with Crippen LogP contribution in [0.2, 0.25) is 0 Å². The maximum Gasteiger partial charge on any atom is 0.137 e. The van der Waals surface area contributed by atoms with E-state index in [0.717, 1.165) is 17.0 Å². The molecule has 2 rings (SSSR count). The minimum Gasteiger partial charge on any atom is -0.545 e.